The van der Waals surface area contributed by atoms with Gasteiger partial charge in [-0.15, -0.1) is 0 Å². The van der Waals surface area contributed by atoms with Crippen molar-refractivity contribution < 1.29 is 14.6 Å². The highest BCUT2D eigenvalue weighted by molar-refractivity contribution is 5.69. The fourth-order valence-corrected chi connectivity index (χ4v) is 3.11. The van der Waals surface area contributed by atoms with Crippen molar-refractivity contribution in [3.05, 3.63) is 0 Å². The van der Waals surface area contributed by atoms with Gasteiger partial charge in [0.25, 0.3) is 0 Å². The largest absolute Gasteiger partial charge is 0.466 e. The van der Waals surface area contributed by atoms with E-state index < -0.39 is 0 Å². The molecule has 150 valence electrons. The number of ether oxygens (including phenoxy) is 1. The maximum Gasteiger partial charge on any atom is 0.305 e. The Kier molecular flexibility index (Phi) is 21.0. The van der Waals surface area contributed by atoms with Gasteiger partial charge in [-0.1, -0.05) is 96.8 Å². The first-order valence-electron chi connectivity index (χ1n) is 11.1. The van der Waals surface area contributed by atoms with Crippen LogP contribution in [0.15, 0.2) is 0 Å². The van der Waals surface area contributed by atoms with Gasteiger partial charge in [-0.05, 0) is 19.3 Å². The summed E-state index contributed by atoms with van der Waals surface area (Å²) in [6.07, 6.45) is 22.1. The number of esters is 1. The smallest absolute Gasteiger partial charge is 0.305 e. The van der Waals surface area contributed by atoms with E-state index in [9.17, 15) is 4.79 Å². The molecule has 0 rings (SSSR count). The van der Waals surface area contributed by atoms with Crippen molar-refractivity contribution in [3.63, 3.8) is 0 Å². The van der Waals surface area contributed by atoms with Crippen LogP contribution in [0.5, 0.6) is 0 Å². The number of aliphatic hydroxyl groups excluding tert-OH is 1. The highest BCUT2D eigenvalue weighted by atomic mass is 16.5. The van der Waals surface area contributed by atoms with Crippen LogP contribution in [0, 0.1) is 0 Å². The average Bonchev–Trinajstić information content (AvgIpc) is 2.62. The summed E-state index contributed by atoms with van der Waals surface area (Å²) in [5.41, 5.74) is 0. The molecule has 3 nitrogen and oxygen atoms in total. The fraction of sp³-hybridized carbons (Fsp3) is 0.955. The molecule has 0 amide bonds. The quantitative estimate of drug-likeness (QED) is 0.198. The Morgan fingerprint density at radius 2 is 1.08 bits per heavy atom. The van der Waals surface area contributed by atoms with Crippen LogP contribution in [0.3, 0.4) is 0 Å². The lowest BCUT2D eigenvalue weighted by atomic mass is 10.0. The molecule has 0 bridgehead atoms. The van der Waals surface area contributed by atoms with Crippen molar-refractivity contribution in [3.8, 4) is 0 Å². The van der Waals surface area contributed by atoms with Crippen LogP contribution in [0.1, 0.15) is 122 Å². The number of carbonyl (C=O) groups is 1. The molecule has 0 spiro atoms. The van der Waals surface area contributed by atoms with Crippen molar-refractivity contribution in [1.82, 2.24) is 0 Å². The predicted octanol–water partition coefficient (Wildman–Crippen LogP) is 6.56. The monoisotopic (exact) mass is 356 g/mol. The number of hydrogen-bond donors (Lipinski definition) is 1. The van der Waals surface area contributed by atoms with Gasteiger partial charge in [-0.3, -0.25) is 4.79 Å². The molecule has 0 aromatic heterocycles. The lowest BCUT2D eigenvalue weighted by Crippen LogP contribution is -2.06. The van der Waals surface area contributed by atoms with Gasteiger partial charge in [0, 0.05) is 13.0 Å². The first-order valence-corrected chi connectivity index (χ1v) is 11.1. The van der Waals surface area contributed by atoms with E-state index in [1.54, 1.807) is 0 Å². The molecule has 0 radical (unpaired) electrons. The van der Waals surface area contributed by atoms with E-state index in [0.717, 1.165) is 19.3 Å². The molecule has 0 aliphatic carbocycles. The molecule has 0 atom stereocenters. The van der Waals surface area contributed by atoms with Crippen molar-refractivity contribution in [2.45, 2.75) is 122 Å². The summed E-state index contributed by atoms with van der Waals surface area (Å²) >= 11 is 0. The molecule has 0 aromatic rings. The molecule has 25 heavy (non-hydrogen) atoms. The maximum absolute atomic E-state index is 11.5. The summed E-state index contributed by atoms with van der Waals surface area (Å²) in [6, 6.07) is 0. The lowest BCUT2D eigenvalue weighted by molar-refractivity contribution is -0.143. The summed E-state index contributed by atoms with van der Waals surface area (Å²) in [7, 11) is 0. The average molecular weight is 357 g/mol. The summed E-state index contributed by atoms with van der Waals surface area (Å²) in [5.74, 6) is -0.0763. The van der Waals surface area contributed by atoms with Gasteiger partial charge < -0.3 is 9.84 Å². The summed E-state index contributed by atoms with van der Waals surface area (Å²) < 4.78 is 5.11. The minimum atomic E-state index is -0.0763. The van der Waals surface area contributed by atoms with Crippen LogP contribution in [-0.2, 0) is 9.53 Å². The van der Waals surface area contributed by atoms with Crippen LogP contribution in [0.2, 0.25) is 0 Å². The number of hydrogen-bond acceptors (Lipinski definition) is 3. The Bertz CT molecular complexity index is 266. The topological polar surface area (TPSA) is 46.5 Å². The predicted molar refractivity (Wildman–Crippen MR) is 107 cm³/mol. The van der Waals surface area contributed by atoms with Gasteiger partial charge in [0.05, 0.1) is 6.61 Å². The van der Waals surface area contributed by atoms with E-state index in [0.29, 0.717) is 19.4 Å². The van der Waals surface area contributed by atoms with Gasteiger partial charge in [-0.2, -0.15) is 0 Å². The standard InChI is InChI=1S/C22H44O3/c1-2-3-4-5-6-7-8-9-10-11-12-13-14-15-16-19-22(24)25-21-18-17-20-23/h23H,2-21H2,1H3. The van der Waals surface area contributed by atoms with E-state index in [-0.39, 0.29) is 12.6 Å². The minimum Gasteiger partial charge on any atom is -0.466 e. The van der Waals surface area contributed by atoms with Gasteiger partial charge in [0.15, 0.2) is 0 Å². The number of carbonyl (C=O) groups excluding carboxylic acids is 1. The second-order valence-corrected chi connectivity index (χ2v) is 7.35. The molecular formula is C22H44O3. The van der Waals surface area contributed by atoms with Crippen LogP contribution in [-0.4, -0.2) is 24.3 Å². The molecular weight excluding hydrogens is 312 g/mol. The summed E-state index contributed by atoms with van der Waals surface area (Å²) in [5, 5.41) is 8.64. The van der Waals surface area contributed by atoms with Gasteiger partial charge in [0.1, 0.15) is 0 Å². The Balaban J connectivity index is 3.08. The zero-order valence-electron chi connectivity index (χ0n) is 16.9. The van der Waals surface area contributed by atoms with Crippen LogP contribution in [0.4, 0.5) is 0 Å². The maximum atomic E-state index is 11.5. The first-order chi connectivity index (χ1) is 12.3. The molecule has 1 N–H and O–H groups in total. The first kappa shape index (κ1) is 24.4. The van der Waals surface area contributed by atoms with E-state index >= 15 is 0 Å². The van der Waals surface area contributed by atoms with Crippen LogP contribution < -0.4 is 0 Å². The van der Waals surface area contributed by atoms with Crippen LogP contribution in [0.25, 0.3) is 0 Å². The highest BCUT2D eigenvalue weighted by Gasteiger charge is 2.02. The van der Waals surface area contributed by atoms with Crippen LogP contribution >= 0.6 is 0 Å². The molecule has 0 heterocycles. The molecule has 0 unspecified atom stereocenters. The lowest BCUT2D eigenvalue weighted by Gasteiger charge is -2.05. The van der Waals surface area contributed by atoms with Gasteiger partial charge >= 0.3 is 5.97 Å². The number of unbranched alkanes of at least 4 members (excludes halogenated alkanes) is 15. The zero-order valence-corrected chi connectivity index (χ0v) is 16.9. The Morgan fingerprint density at radius 1 is 0.640 bits per heavy atom. The van der Waals surface area contributed by atoms with Gasteiger partial charge in [-0.25, -0.2) is 0 Å². The third kappa shape index (κ3) is 21.4. The molecule has 0 saturated heterocycles. The minimum absolute atomic E-state index is 0.0763. The number of rotatable bonds is 20. The second-order valence-electron chi connectivity index (χ2n) is 7.35. The molecule has 0 aliphatic rings. The Labute approximate surface area is 156 Å². The molecule has 0 fully saturated rings. The zero-order chi connectivity index (χ0) is 18.4. The Morgan fingerprint density at radius 3 is 1.52 bits per heavy atom. The van der Waals surface area contributed by atoms with E-state index in [1.807, 2.05) is 0 Å². The SMILES string of the molecule is CCCCCCCCCCCCCCCCCC(=O)OCCCCO. The third-order valence-corrected chi connectivity index (χ3v) is 4.80. The van der Waals surface area contributed by atoms with Crippen molar-refractivity contribution >= 4 is 5.97 Å². The van der Waals surface area contributed by atoms with Gasteiger partial charge in [0.2, 0.25) is 0 Å². The Hall–Kier alpha value is -0.570. The van der Waals surface area contributed by atoms with Crippen molar-refractivity contribution in [2.24, 2.45) is 0 Å². The van der Waals surface area contributed by atoms with E-state index in [2.05, 4.69) is 6.92 Å². The molecule has 0 aliphatic heterocycles. The van der Waals surface area contributed by atoms with Crippen molar-refractivity contribution in [2.75, 3.05) is 13.2 Å². The van der Waals surface area contributed by atoms with E-state index in [4.69, 9.17) is 9.84 Å². The van der Waals surface area contributed by atoms with E-state index in [1.165, 1.54) is 83.5 Å². The summed E-state index contributed by atoms with van der Waals surface area (Å²) in [6.45, 7) is 2.91. The highest BCUT2D eigenvalue weighted by Crippen LogP contribution is 2.13. The fourth-order valence-electron chi connectivity index (χ4n) is 3.11. The molecule has 3 heteroatoms. The molecule has 0 aromatic carbocycles. The summed E-state index contributed by atoms with van der Waals surface area (Å²) in [4.78, 5) is 11.5. The van der Waals surface area contributed by atoms with Crippen molar-refractivity contribution in [1.29, 1.82) is 0 Å². The normalized spacial score (nSPS) is 11.0. The second kappa shape index (κ2) is 21.5. The molecule has 0 saturated carbocycles. The number of aliphatic hydroxyl groups is 1. The third-order valence-electron chi connectivity index (χ3n) is 4.80.